The zero-order valence-electron chi connectivity index (χ0n) is 52.8. The third kappa shape index (κ3) is 9.99. The molecule has 2 aromatic rings. The molecule has 3 heterocycles. The number of carbonyl (C=O) groups excluding carboxylic acids is 1. The van der Waals surface area contributed by atoms with E-state index in [0.717, 1.165) is 120 Å². The van der Waals surface area contributed by atoms with Crippen LogP contribution in [0.25, 0.3) is 0 Å². The maximum atomic E-state index is 16.2. The van der Waals surface area contributed by atoms with Gasteiger partial charge in [0.25, 0.3) is 0 Å². The average Bonchev–Trinajstić information content (AvgIpc) is 1.60. The fourth-order valence-electron chi connectivity index (χ4n) is 23.0. The first kappa shape index (κ1) is 59.6. The second-order valence-electron chi connectivity index (χ2n) is 30.5. The van der Waals surface area contributed by atoms with E-state index < -0.39 is 27.6 Å². The Morgan fingerprint density at radius 1 is 0.908 bits per heavy atom. The molecule has 2 aromatic carbocycles. The number of anilines is 1. The number of nitrogens with one attached hydrogen (secondary N) is 3. The number of aliphatic hydroxyl groups is 2. The molecule has 14 rings (SSSR count). The first-order chi connectivity index (χ1) is 42.3. The number of carbonyl (C=O) groups is 1. The highest BCUT2D eigenvalue weighted by atomic mass is 16.6. The van der Waals surface area contributed by atoms with Crippen molar-refractivity contribution in [1.29, 1.82) is 0 Å². The standard InChI is InChI=1S/C75H100N4O8/c1-5-49-20-22-55-56(18-14-37-80)67-70(29-9-10-30-70)33-34-74(67)54-42-59(79-68(77-3)78-36-13-17-52-16-12-31-73(52,65(82)25-23-58(74)57(55)39-49)44-50-21-24-60(81)62(40-50)84-4)66-63(43-54)86-72(48-76-2)45-64(69(35-38-85-66)27-7-6-8-28-69)71(46-72)32-26-53-41-51-15-11-19-61(51)87-75(53,83)47-71/h21,23-26,32,40,42-43,49,51-53,55-58,61,64,67,76,80-81,83H,5-12,14-20,22,27-31,33-34,37,39,41,44-48H2,1-4H3,(H2,77,78,79)/b25-23+/t49-,51+,52-,53+,55+,56-,57+,58-,61-,64-,67+,71+,72-,73-,74-,75-/m1/s1. The Bertz CT molecular complexity index is 3160. The molecule has 0 aromatic heterocycles. The van der Waals surface area contributed by atoms with Crippen LogP contribution in [-0.2, 0) is 21.4 Å². The minimum atomic E-state index is -1.27. The van der Waals surface area contributed by atoms with Gasteiger partial charge in [-0.1, -0.05) is 101 Å². The number of guanidine groups is 1. The predicted octanol–water partition coefficient (Wildman–Crippen LogP) is 13.5. The topological polar surface area (TPSA) is 163 Å². The monoisotopic (exact) mass is 1180 g/mol. The van der Waals surface area contributed by atoms with Gasteiger partial charge in [-0.2, -0.15) is 0 Å². The highest BCUT2D eigenvalue weighted by Crippen LogP contribution is 2.75. The van der Waals surface area contributed by atoms with Crippen LogP contribution >= 0.6 is 0 Å². The lowest BCUT2D eigenvalue weighted by atomic mass is 9.42. The molecule has 12 nitrogen and oxygen atoms in total. The number of hydrogen-bond donors (Lipinski definition) is 6. The van der Waals surface area contributed by atoms with Crippen LogP contribution in [0.2, 0.25) is 0 Å². The Kier molecular flexibility index (Phi) is 16.0. The molecule has 0 radical (unpaired) electrons. The molecule has 9 fully saturated rings. The number of phenols is 1. The Balaban J connectivity index is 0.982. The third-order valence-corrected chi connectivity index (χ3v) is 26.5. The SMILES string of the molecule is CC[C@@H]1CC[C@H]2[C@@H](CCCO)[C@H]3C4(CCCC4)CC[C@]34c3cc(c5c(c3)O[C@]3(CNC)C[C@H](C6(C#CO5)CCCCC6)[C@@]5(C=C[C@H]6C[C@@H]7CCC[C@H]7O[C@]6(O)C5)C3)NC(=NC)NC#CC[C@H]3CCC[C@]3(Cc3ccc(O)c(OC)c3)C(=O)/C=C/[C@@H]4[C@H]2C1. The van der Waals surface area contributed by atoms with Crippen molar-refractivity contribution in [1.82, 2.24) is 10.6 Å². The van der Waals surface area contributed by atoms with E-state index in [1.807, 2.05) is 12.1 Å². The van der Waals surface area contributed by atoms with Gasteiger partial charge >= 0.3 is 0 Å². The van der Waals surface area contributed by atoms with E-state index in [1.54, 1.807) is 20.2 Å². The number of phenolic OH excluding ortho intramolecular Hbond substituents is 1. The number of hydrogen-bond acceptors (Lipinski definition) is 10. The molecule has 16 atom stereocenters. The molecule has 4 bridgehead atoms. The molecular formula is C75H100N4O8. The molecule has 12 aliphatic rings. The molecule has 468 valence electrons. The van der Waals surface area contributed by atoms with Gasteiger partial charge in [0.2, 0.25) is 11.7 Å². The highest BCUT2D eigenvalue weighted by Gasteiger charge is 2.70. The van der Waals surface area contributed by atoms with Gasteiger partial charge in [0.15, 0.2) is 28.8 Å². The van der Waals surface area contributed by atoms with Crippen molar-refractivity contribution in [3.63, 3.8) is 0 Å². The molecule has 0 unspecified atom stereocenters. The quantitative estimate of drug-likeness (QED) is 0.105. The number of aliphatic hydroxyl groups excluding tert-OH is 1. The number of aromatic hydroxyl groups is 1. The zero-order valence-corrected chi connectivity index (χ0v) is 52.8. The van der Waals surface area contributed by atoms with Crippen LogP contribution in [0.1, 0.15) is 198 Å². The van der Waals surface area contributed by atoms with E-state index in [4.69, 9.17) is 23.9 Å². The van der Waals surface area contributed by atoms with Crippen LogP contribution in [0.15, 0.2) is 59.6 Å². The molecule has 0 amide bonds. The molecule has 4 spiro atoms. The summed E-state index contributed by atoms with van der Waals surface area (Å²) in [6, 6.07) is 13.7. The smallest absolute Gasteiger partial charge is 0.207 e. The van der Waals surface area contributed by atoms with Gasteiger partial charge < -0.3 is 44.9 Å². The zero-order chi connectivity index (χ0) is 59.8. The summed E-state index contributed by atoms with van der Waals surface area (Å²) >= 11 is 0. The normalized spacial score (nSPS) is 40.9. The molecule has 6 N–H and O–H groups in total. The van der Waals surface area contributed by atoms with E-state index >= 15 is 4.79 Å². The number of methoxy groups -OCH3 is 1. The summed E-state index contributed by atoms with van der Waals surface area (Å²) in [4.78, 5) is 21.1. The van der Waals surface area contributed by atoms with Crippen molar-refractivity contribution in [2.24, 2.45) is 85.8 Å². The van der Waals surface area contributed by atoms with E-state index in [2.05, 4.69) is 90.4 Å². The fourth-order valence-corrected chi connectivity index (χ4v) is 23.0. The number of aliphatic imine (C=N–C) groups is 1. The van der Waals surface area contributed by atoms with Crippen LogP contribution in [0, 0.1) is 105 Å². The summed E-state index contributed by atoms with van der Waals surface area (Å²) in [6.45, 7) is 3.15. The van der Waals surface area contributed by atoms with Crippen LogP contribution in [0.4, 0.5) is 5.69 Å². The number of rotatable bonds is 9. The molecule has 12 heteroatoms. The third-order valence-electron chi connectivity index (χ3n) is 26.5. The number of nitrogens with zero attached hydrogens (tertiary/aromatic N) is 1. The van der Waals surface area contributed by atoms with Crippen molar-refractivity contribution in [3.8, 4) is 47.0 Å². The van der Waals surface area contributed by atoms with E-state index in [1.165, 1.54) is 56.9 Å². The Morgan fingerprint density at radius 2 is 1.76 bits per heavy atom. The summed E-state index contributed by atoms with van der Waals surface area (Å²) in [6.07, 6.45) is 41.6. The molecular weight excluding hydrogens is 1080 g/mol. The van der Waals surface area contributed by atoms with E-state index in [-0.39, 0.29) is 58.7 Å². The molecule has 8 saturated carbocycles. The van der Waals surface area contributed by atoms with Crippen LogP contribution < -0.4 is 30.2 Å². The van der Waals surface area contributed by atoms with Crippen LogP contribution in [-0.4, -0.2) is 78.9 Å². The van der Waals surface area contributed by atoms with Gasteiger partial charge in [0.05, 0.1) is 18.9 Å². The van der Waals surface area contributed by atoms with E-state index in [9.17, 15) is 15.3 Å². The number of allylic oxidation sites excluding steroid dienone is 3. The van der Waals surface area contributed by atoms with Gasteiger partial charge in [0, 0.05) is 66.7 Å². The van der Waals surface area contributed by atoms with E-state index in [0.29, 0.717) is 90.9 Å². The van der Waals surface area contributed by atoms with Crippen LogP contribution in [0.5, 0.6) is 23.0 Å². The van der Waals surface area contributed by atoms with Gasteiger partial charge in [0.1, 0.15) is 11.7 Å². The number of ether oxygens (including phenoxy) is 4. The molecule has 1 saturated heterocycles. The predicted molar refractivity (Wildman–Crippen MR) is 340 cm³/mol. The minimum absolute atomic E-state index is 0.00210. The number of likely N-dealkylation sites (N-methyl/N-ethyl adjacent to an activating group) is 1. The number of ketones is 1. The second kappa shape index (κ2) is 23.4. The lowest BCUT2D eigenvalue weighted by Crippen LogP contribution is -2.58. The van der Waals surface area contributed by atoms with Crippen molar-refractivity contribution in [2.45, 2.75) is 216 Å². The lowest BCUT2D eigenvalue weighted by Gasteiger charge is -2.62. The number of benzene rings is 2. The highest BCUT2D eigenvalue weighted by molar-refractivity contribution is 5.97. The van der Waals surface area contributed by atoms with Gasteiger partial charge in [-0.15, -0.1) is 0 Å². The Hall–Kier alpha value is -4.98. The largest absolute Gasteiger partial charge is 0.504 e. The first-order valence-corrected chi connectivity index (χ1v) is 34.8. The van der Waals surface area contributed by atoms with Crippen molar-refractivity contribution < 1.29 is 39.1 Å². The van der Waals surface area contributed by atoms with Crippen molar-refractivity contribution in [2.75, 3.05) is 39.7 Å². The Labute approximate surface area is 519 Å². The number of fused-ring (bicyclic) bond motifs is 14. The minimum Gasteiger partial charge on any atom is -0.504 e. The summed E-state index contributed by atoms with van der Waals surface area (Å²) in [5, 5.41) is 45.8. The van der Waals surface area contributed by atoms with Crippen molar-refractivity contribution >= 4 is 17.4 Å². The summed E-state index contributed by atoms with van der Waals surface area (Å²) in [5.74, 6) is 11.2. The molecule has 3 aliphatic heterocycles. The van der Waals surface area contributed by atoms with Gasteiger partial charge in [-0.25, -0.2) is 0 Å². The fraction of sp³-hybridized carbons (Fsp3) is 0.707. The van der Waals surface area contributed by atoms with Crippen LogP contribution in [0.3, 0.4) is 0 Å². The maximum absolute atomic E-state index is 16.2. The second-order valence-corrected chi connectivity index (χ2v) is 30.5. The maximum Gasteiger partial charge on any atom is 0.207 e. The van der Waals surface area contributed by atoms with Gasteiger partial charge in [-0.05, 0) is 223 Å². The molecule has 87 heavy (non-hydrogen) atoms. The summed E-state index contributed by atoms with van der Waals surface area (Å²) in [5.41, 5.74) is 0.363. The average molecular weight is 1190 g/mol. The first-order valence-electron chi connectivity index (χ1n) is 34.8. The summed E-state index contributed by atoms with van der Waals surface area (Å²) in [7, 11) is 5.44. The molecule has 9 aliphatic carbocycles. The van der Waals surface area contributed by atoms with Gasteiger partial charge in [-0.3, -0.25) is 15.1 Å². The van der Waals surface area contributed by atoms with Crippen molar-refractivity contribution in [3.05, 3.63) is 65.8 Å². The lowest BCUT2D eigenvalue weighted by molar-refractivity contribution is -0.301. The Morgan fingerprint density at radius 3 is 2.56 bits per heavy atom. The summed E-state index contributed by atoms with van der Waals surface area (Å²) < 4.78 is 28.0.